The molecule has 0 aliphatic carbocycles. The normalized spacial score (nSPS) is 8.94. The molecule has 1 rings (SSSR count). The Morgan fingerprint density at radius 2 is 1.94 bits per heavy atom. The summed E-state index contributed by atoms with van der Waals surface area (Å²) in [4.78, 5) is 0. The molecule has 0 saturated heterocycles. The molecule has 0 heterocycles. The second kappa shape index (κ2) is 6.31. The van der Waals surface area contributed by atoms with Crippen molar-refractivity contribution in [3.05, 3.63) is 23.8 Å². The first-order valence-corrected chi connectivity index (χ1v) is 4.89. The van der Waals surface area contributed by atoms with Gasteiger partial charge in [-0.2, -0.15) is 10.5 Å². The molecule has 0 unspecified atom stereocenters. The minimum atomic E-state index is 0.464. The molecule has 0 spiro atoms. The van der Waals surface area contributed by atoms with Crippen LogP contribution in [0.1, 0.15) is 18.4 Å². The molecule has 82 valence electrons. The summed E-state index contributed by atoms with van der Waals surface area (Å²) >= 11 is 0. The van der Waals surface area contributed by atoms with E-state index in [2.05, 4.69) is 0 Å². The fraction of sp³-hybridized carbons (Fsp3) is 0.333. The predicted molar refractivity (Wildman–Crippen MR) is 58.1 cm³/mol. The number of nitrogens with zero attached hydrogens (tertiary/aromatic N) is 2. The molecule has 0 saturated carbocycles. The van der Waals surface area contributed by atoms with E-state index in [-0.39, 0.29) is 0 Å². The fourth-order valence-electron chi connectivity index (χ4n) is 1.18. The number of ether oxygens (including phenoxy) is 2. The first kappa shape index (κ1) is 11.9. The van der Waals surface area contributed by atoms with Gasteiger partial charge in [0.05, 0.1) is 31.4 Å². The van der Waals surface area contributed by atoms with Crippen LogP contribution in [-0.4, -0.2) is 13.7 Å². The van der Waals surface area contributed by atoms with Crippen LogP contribution >= 0.6 is 0 Å². The zero-order chi connectivity index (χ0) is 11.8. The third kappa shape index (κ3) is 3.51. The average Bonchev–Trinajstić information content (AvgIpc) is 2.34. The molecule has 4 nitrogen and oxygen atoms in total. The molecular formula is C12H12N2O2. The van der Waals surface area contributed by atoms with Gasteiger partial charge in [-0.1, -0.05) is 0 Å². The number of benzene rings is 1. The maximum absolute atomic E-state index is 8.79. The van der Waals surface area contributed by atoms with Gasteiger partial charge in [0.2, 0.25) is 0 Å². The highest BCUT2D eigenvalue weighted by molar-refractivity contribution is 5.43. The molecule has 16 heavy (non-hydrogen) atoms. The monoisotopic (exact) mass is 216 g/mol. The molecule has 1 aromatic carbocycles. The van der Waals surface area contributed by atoms with Crippen LogP contribution in [-0.2, 0) is 0 Å². The van der Waals surface area contributed by atoms with Gasteiger partial charge < -0.3 is 9.47 Å². The van der Waals surface area contributed by atoms with Gasteiger partial charge in [0, 0.05) is 12.5 Å². The summed E-state index contributed by atoms with van der Waals surface area (Å²) in [5.41, 5.74) is 0.495. The Morgan fingerprint density at radius 3 is 2.56 bits per heavy atom. The van der Waals surface area contributed by atoms with Crippen LogP contribution < -0.4 is 9.47 Å². The van der Waals surface area contributed by atoms with Crippen LogP contribution in [0.15, 0.2) is 18.2 Å². The van der Waals surface area contributed by atoms with Gasteiger partial charge >= 0.3 is 0 Å². The Kier molecular flexibility index (Phi) is 4.69. The highest BCUT2D eigenvalue weighted by atomic mass is 16.5. The molecule has 0 amide bonds. The van der Waals surface area contributed by atoms with Gasteiger partial charge in [0.15, 0.2) is 0 Å². The first-order chi connectivity index (χ1) is 7.80. The van der Waals surface area contributed by atoms with Crippen molar-refractivity contribution in [3.63, 3.8) is 0 Å². The summed E-state index contributed by atoms with van der Waals surface area (Å²) in [6.07, 6.45) is 1.14. The van der Waals surface area contributed by atoms with Crippen molar-refractivity contribution in [1.82, 2.24) is 0 Å². The smallest absolute Gasteiger partial charge is 0.124 e. The van der Waals surface area contributed by atoms with E-state index < -0.39 is 0 Å². The minimum absolute atomic E-state index is 0.464. The summed E-state index contributed by atoms with van der Waals surface area (Å²) in [6, 6.07) is 9.08. The van der Waals surface area contributed by atoms with Crippen molar-refractivity contribution in [2.75, 3.05) is 13.7 Å². The highest BCUT2D eigenvalue weighted by Gasteiger charge is 2.01. The summed E-state index contributed by atoms with van der Waals surface area (Å²) in [7, 11) is 1.54. The van der Waals surface area contributed by atoms with Gasteiger partial charge in [0.1, 0.15) is 11.5 Å². The number of rotatable bonds is 5. The van der Waals surface area contributed by atoms with E-state index in [4.69, 9.17) is 20.0 Å². The van der Waals surface area contributed by atoms with E-state index in [1.807, 2.05) is 12.1 Å². The van der Waals surface area contributed by atoms with Crippen LogP contribution in [0, 0.1) is 22.7 Å². The topological polar surface area (TPSA) is 66.0 Å². The number of hydrogen-bond acceptors (Lipinski definition) is 4. The van der Waals surface area contributed by atoms with E-state index in [1.54, 1.807) is 18.2 Å². The van der Waals surface area contributed by atoms with Crippen molar-refractivity contribution >= 4 is 0 Å². The van der Waals surface area contributed by atoms with E-state index in [9.17, 15) is 0 Å². The quantitative estimate of drug-likeness (QED) is 0.708. The lowest BCUT2D eigenvalue weighted by Gasteiger charge is -2.07. The van der Waals surface area contributed by atoms with Crippen molar-refractivity contribution in [1.29, 1.82) is 10.5 Å². The van der Waals surface area contributed by atoms with Crippen molar-refractivity contribution in [2.45, 2.75) is 12.8 Å². The van der Waals surface area contributed by atoms with Crippen LogP contribution in [0.25, 0.3) is 0 Å². The van der Waals surface area contributed by atoms with E-state index in [0.29, 0.717) is 36.5 Å². The molecule has 0 fully saturated rings. The van der Waals surface area contributed by atoms with Gasteiger partial charge in [-0.15, -0.1) is 0 Å². The largest absolute Gasteiger partial charge is 0.497 e. The Bertz CT molecular complexity index is 430. The molecule has 1 aromatic rings. The molecule has 0 atom stereocenters. The summed E-state index contributed by atoms with van der Waals surface area (Å²) < 4.78 is 10.5. The Balaban J connectivity index is 2.66. The van der Waals surface area contributed by atoms with Crippen molar-refractivity contribution in [3.8, 4) is 23.6 Å². The molecule has 0 aliphatic heterocycles. The Morgan fingerprint density at radius 1 is 1.19 bits per heavy atom. The minimum Gasteiger partial charge on any atom is -0.497 e. The maximum Gasteiger partial charge on any atom is 0.124 e. The zero-order valence-corrected chi connectivity index (χ0v) is 9.06. The van der Waals surface area contributed by atoms with Crippen LogP contribution in [0.3, 0.4) is 0 Å². The van der Waals surface area contributed by atoms with Gasteiger partial charge in [0.25, 0.3) is 0 Å². The van der Waals surface area contributed by atoms with E-state index >= 15 is 0 Å². The predicted octanol–water partition coefficient (Wildman–Crippen LogP) is 2.25. The lowest BCUT2D eigenvalue weighted by molar-refractivity contribution is 0.310. The van der Waals surface area contributed by atoms with Crippen molar-refractivity contribution in [2.24, 2.45) is 0 Å². The standard InChI is InChI=1S/C12H12N2O2/c1-15-11-6-10(9-14)7-12(8-11)16-5-3-2-4-13/h6-8H,2-3,5H2,1H3. The fourth-order valence-corrected chi connectivity index (χ4v) is 1.18. The summed E-state index contributed by atoms with van der Waals surface area (Å²) in [5.74, 6) is 1.18. The third-order valence-corrected chi connectivity index (χ3v) is 1.95. The van der Waals surface area contributed by atoms with Crippen molar-refractivity contribution < 1.29 is 9.47 Å². The van der Waals surface area contributed by atoms with Gasteiger partial charge in [-0.3, -0.25) is 0 Å². The van der Waals surface area contributed by atoms with Crippen LogP contribution in [0.2, 0.25) is 0 Å². The van der Waals surface area contributed by atoms with Gasteiger partial charge in [-0.25, -0.2) is 0 Å². The SMILES string of the molecule is COc1cc(C#N)cc(OCCCC#N)c1. The summed E-state index contributed by atoms with van der Waals surface area (Å²) in [6.45, 7) is 0.464. The number of nitriles is 2. The second-order valence-corrected chi connectivity index (χ2v) is 3.12. The van der Waals surface area contributed by atoms with Gasteiger partial charge in [-0.05, 0) is 18.6 Å². The summed E-state index contributed by atoms with van der Waals surface area (Å²) in [5, 5.41) is 17.1. The lowest BCUT2D eigenvalue weighted by atomic mass is 10.2. The molecule has 4 heteroatoms. The molecular weight excluding hydrogens is 204 g/mol. The average molecular weight is 216 g/mol. The zero-order valence-electron chi connectivity index (χ0n) is 9.06. The Labute approximate surface area is 94.6 Å². The molecule has 0 radical (unpaired) electrons. The second-order valence-electron chi connectivity index (χ2n) is 3.12. The third-order valence-electron chi connectivity index (χ3n) is 1.95. The lowest BCUT2D eigenvalue weighted by Crippen LogP contribution is -1.97. The number of methoxy groups -OCH3 is 1. The maximum atomic E-state index is 8.79. The Hall–Kier alpha value is -2.20. The first-order valence-electron chi connectivity index (χ1n) is 4.89. The number of unbranched alkanes of at least 4 members (excludes halogenated alkanes) is 1. The van der Waals surface area contributed by atoms with E-state index in [0.717, 1.165) is 0 Å². The molecule has 0 aromatic heterocycles. The molecule has 0 bridgehead atoms. The molecule has 0 aliphatic rings. The van der Waals surface area contributed by atoms with E-state index in [1.165, 1.54) is 7.11 Å². The van der Waals surface area contributed by atoms with Crippen LogP contribution in [0.5, 0.6) is 11.5 Å². The van der Waals surface area contributed by atoms with Crippen LogP contribution in [0.4, 0.5) is 0 Å². The highest BCUT2D eigenvalue weighted by Crippen LogP contribution is 2.22. The molecule has 0 N–H and O–H groups in total. The number of hydrogen-bond donors (Lipinski definition) is 0.